The largest absolute Gasteiger partial charge is 0.493 e. The van der Waals surface area contributed by atoms with Crippen LogP contribution in [0.4, 0.5) is 0 Å². The molecular formula is C30H23N3O3S2. The first kappa shape index (κ1) is 24.2. The van der Waals surface area contributed by atoms with Crippen molar-refractivity contribution < 1.29 is 13.9 Å². The lowest BCUT2D eigenvalue weighted by molar-refractivity contribution is -0.122. The third-order valence-corrected chi connectivity index (χ3v) is 7.73. The van der Waals surface area contributed by atoms with E-state index >= 15 is 0 Å². The number of amides is 1. The van der Waals surface area contributed by atoms with Crippen molar-refractivity contribution in [3.63, 3.8) is 0 Å². The molecule has 8 heteroatoms. The van der Waals surface area contributed by atoms with Crippen LogP contribution >= 0.6 is 24.0 Å². The van der Waals surface area contributed by atoms with Gasteiger partial charge in [-0.25, -0.2) is 4.68 Å². The predicted octanol–water partition coefficient (Wildman–Crippen LogP) is 6.74. The molecule has 0 unspecified atom stereocenters. The highest BCUT2D eigenvalue weighted by Crippen LogP contribution is 2.37. The molecule has 1 fully saturated rings. The molecule has 1 amide bonds. The van der Waals surface area contributed by atoms with E-state index in [1.165, 1.54) is 11.8 Å². The van der Waals surface area contributed by atoms with Crippen molar-refractivity contribution in [2.75, 3.05) is 13.7 Å². The zero-order chi connectivity index (χ0) is 26.1. The predicted molar refractivity (Wildman–Crippen MR) is 155 cm³/mol. The van der Waals surface area contributed by atoms with Crippen LogP contribution in [0.15, 0.2) is 100 Å². The van der Waals surface area contributed by atoms with E-state index < -0.39 is 0 Å². The van der Waals surface area contributed by atoms with Gasteiger partial charge >= 0.3 is 0 Å². The van der Waals surface area contributed by atoms with Gasteiger partial charge in [-0.2, -0.15) is 5.10 Å². The molecule has 0 aliphatic carbocycles. The molecule has 0 bridgehead atoms. The van der Waals surface area contributed by atoms with Crippen LogP contribution < -0.4 is 4.74 Å². The van der Waals surface area contributed by atoms with Gasteiger partial charge in [0.1, 0.15) is 10.0 Å². The normalized spacial score (nSPS) is 14.7. The van der Waals surface area contributed by atoms with Crippen LogP contribution in [0.3, 0.4) is 0 Å². The summed E-state index contributed by atoms with van der Waals surface area (Å²) in [6, 6.07) is 27.6. The molecule has 0 spiro atoms. The zero-order valence-corrected chi connectivity index (χ0v) is 22.2. The maximum atomic E-state index is 13.4. The summed E-state index contributed by atoms with van der Waals surface area (Å²) in [4.78, 5) is 15.6. The number of ether oxygens (including phenoxy) is 1. The number of para-hydroxylation sites is 2. The number of thioether (sulfide) groups is 1. The third-order valence-electron chi connectivity index (χ3n) is 6.35. The van der Waals surface area contributed by atoms with Crippen molar-refractivity contribution in [1.82, 2.24) is 14.7 Å². The van der Waals surface area contributed by atoms with E-state index in [9.17, 15) is 4.79 Å². The van der Waals surface area contributed by atoms with Crippen molar-refractivity contribution in [3.05, 3.63) is 107 Å². The van der Waals surface area contributed by atoms with Crippen LogP contribution in [0.2, 0.25) is 0 Å². The molecule has 3 aromatic carbocycles. The van der Waals surface area contributed by atoms with E-state index in [1.54, 1.807) is 16.7 Å². The maximum Gasteiger partial charge on any atom is 0.266 e. The molecular weight excluding hydrogens is 514 g/mol. The van der Waals surface area contributed by atoms with Gasteiger partial charge in [0.25, 0.3) is 5.91 Å². The molecule has 2 aromatic heterocycles. The lowest BCUT2D eigenvalue weighted by atomic mass is 10.1. The second kappa shape index (κ2) is 10.3. The minimum absolute atomic E-state index is 0.0967. The molecule has 0 radical (unpaired) electrons. The van der Waals surface area contributed by atoms with E-state index in [0.717, 1.165) is 28.6 Å². The van der Waals surface area contributed by atoms with E-state index in [2.05, 4.69) is 12.1 Å². The smallest absolute Gasteiger partial charge is 0.266 e. The molecule has 5 aromatic rings. The van der Waals surface area contributed by atoms with Gasteiger partial charge in [-0.1, -0.05) is 84.6 Å². The first-order valence-electron chi connectivity index (χ1n) is 12.1. The fourth-order valence-electron chi connectivity index (χ4n) is 4.43. The zero-order valence-electron chi connectivity index (χ0n) is 20.5. The van der Waals surface area contributed by atoms with E-state index in [1.807, 2.05) is 85.1 Å². The Morgan fingerprint density at radius 3 is 2.55 bits per heavy atom. The molecule has 1 saturated heterocycles. The minimum atomic E-state index is -0.0967. The summed E-state index contributed by atoms with van der Waals surface area (Å²) in [5.74, 6) is 1.14. The van der Waals surface area contributed by atoms with Crippen LogP contribution in [0.1, 0.15) is 11.1 Å². The van der Waals surface area contributed by atoms with Gasteiger partial charge in [-0.3, -0.25) is 9.69 Å². The molecule has 38 heavy (non-hydrogen) atoms. The second-order valence-corrected chi connectivity index (χ2v) is 10.4. The van der Waals surface area contributed by atoms with Crippen LogP contribution in [0.5, 0.6) is 5.75 Å². The number of carbonyl (C=O) groups is 1. The van der Waals surface area contributed by atoms with Crippen LogP contribution in [-0.2, 0) is 11.2 Å². The number of fused-ring (bicyclic) bond motifs is 1. The highest BCUT2D eigenvalue weighted by atomic mass is 32.2. The second-order valence-electron chi connectivity index (χ2n) is 8.77. The fourth-order valence-corrected chi connectivity index (χ4v) is 5.73. The maximum absolute atomic E-state index is 13.4. The number of furan rings is 1. The molecule has 6 nitrogen and oxygen atoms in total. The van der Waals surface area contributed by atoms with Gasteiger partial charge in [-0.05, 0) is 42.3 Å². The molecule has 6 rings (SSSR count). The lowest BCUT2D eigenvalue weighted by Gasteiger charge is -2.14. The van der Waals surface area contributed by atoms with Gasteiger partial charge < -0.3 is 9.15 Å². The van der Waals surface area contributed by atoms with Crippen molar-refractivity contribution in [1.29, 1.82) is 0 Å². The van der Waals surface area contributed by atoms with Gasteiger partial charge in [0.05, 0.1) is 17.7 Å². The van der Waals surface area contributed by atoms with Gasteiger partial charge in [-0.15, -0.1) is 0 Å². The third kappa shape index (κ3) is 4.64. The van der Waals surface area contributed by atoms with E-state index in [-0.39, 0.29) is 5.91 Å². The fraction of sp³-hybridized carbons (Fsp3) is 0.100. The Balaban J connectivity index is 1.38. The summed E-state index contributed by atoms with van der Waals surface area (Å²) in [5.41, 5.74) is 4.10. The molecule has 1 aliphatic heterocycles. The molecule has 188 valence electrons. The Bertz CT molecular complexity index is 1670. The van der Waals surface area contributed by atoms with Crippen LogP contribution in [-0.4, -0.2) is 38.6 Å². The molecule has 0 saturated carbocycles. The molecule has 3 heterocycles. The number of aromatic nitrogens is 2. The highest BCUT2D eigenvalue weighted by Gasteiger charge is 2.32. The standard InChI is InChI=1S/C30H23N3O3S2/c1-35-24-14-8-11-21-17-25(36-28(21)24)27-22(19-33(31-27)23-12-6-3-7-13-23)18-26-29(34)32(30(37)38-26)16-15-20-9-4-2-5-10-20/h2-14,17-19H,15-16H2,1H3/b26-18-. The first-order chi connectivity index (χ1) is 18.6. The van der Waals surface area contributed by atoms with E-state index in [4.69, 9.17) is 26.5 Å². The van der Waals surface area contributed by atoms with Gasteiger partial charge in [0.2, 0.25) is 0 Å². The van der Waals surface area contributed by atoms with E-state index in [0.29, 0.717) is 38.6 Å². The summed E-state index contributed by atoms with van der Waals surface area (Å²) >= 11 is 6.89. The number of benzene rings is 3. The molecule has 1 aliphatic rings. The number of nitrogens with zero attached hydrogens (tertiary/aromatic N) is 3. The number of hydrogen-bond donors (Lipinski definition) is 0. The number of carbonyl (C=O) groups excluding carboxylic acids is 1. The quantitative estimate of drug-likeness (QED) is 0.169. The van der Waals surface area contributed by atoms with Gasteiger partial charge in [0, 0.05) is 23.7 Å². The van der Waals surface area contributed by atoms with Crippen molar-refractivity contribution in [3.8, 4) is 22.9 Å². The molecule has 0 N–H and O–H groups in total. The van der Waals surface area contributed by atoms with Crippen molar-refractivity contribution in [2.45, 2.75) is 6.42 Å². The van der Waals surface area contributed by atoms with Crippen molar-refractivity contribution in [2.24, 2.45) is 0 Å². The first-order valence-corrected chi connectivity index (χ1v) is 13.3. The number of thiocarbonyl (C=S) groups is 1. The Kier molecular flexibility index (Phi) is 6.57. The Morgan fingerprint density at radius 1 is 1.03 bits per heavy atom. The Morgan fingerprint density at radius 2 is 1.79 bits per heavy atom. The summed E-state index contributed by atoms with van der Waals surface area (Å²) in [7, 11) is 1.62. The summed E-state index contributed by atoms with van der Waals surface area (Å²) < 4.78 is 14.1. The Labute approximate surface area is 229 Å². The average Bonchev–Trinajstić information content (AvgIpc) is 3.64. The lowest BCUT2D eigenvalue weighted by Crippen LogP contribution is -2.30. The molecule has 0 atom stereocenters. The SMILES string of the molecule is COc1cccc2cc(-c3nn(-c4ccccc4)cc3/C=C3\SC(=S)N(CCc4ccccc4)C3=O)oc12. The van der Waals surface area contributed by atoms with Gasteiger partial charge in [0.15, 0.2) is 17.1 Å². The topological polar surface area (TPSA) is 60.5 Å². The summed E-state index contributed by atoms with van der Waals surface area (Å²) in [6.45, 7) is 0.533. The van der Waals surface area contributed by atoms with Crippen LogP contribution in [0.25, 0.3) is 34.2 Å². The number of methoxy groups -OCH3 is 1. The van der Waals surface area contributed by atoms with Crippen molar-refractivity contribution >= 4 is 51.3 Å². The Hall–Kier alpha value is -4.14. The number of rotatable bonds is 7. The monoisotopic (exact) mass is 537 g/mol. The minimum Gasteiger partial charge on any atom is -0.493 e. The number of hydrogen-bond acceptors (Lipinski definition) is 6. The summed E-state index contributed by atoms with van der Waals surface area (Å²) in [5, 5.41) is 5.76. The van der Waals surface area contributed by atoms with Crippen LogP contribution in [0, 0.1) is 0 Å². The highest BCUT2D eigenvalue weighted by molar-refractivity contribution is 8.26. The summed E-state index contributed by atoms with van der Waals surface area (Å²) in [6.07, 6.45) is 4.50. The average molecular weight is 538 g/mol.